The van der Waals surface area contributed by atoms with Gasteiger partial charge in [-0.2, -0.15) is 5.10 Å². The summed E-state index contributed by atoms with van der Waals surface area (Å²) in [5.41, 5.74) is 5.66. The van der Waals surface area contributed by atoms with Gasteiger partial charge in [-0.1, -0.05) is 74.7 Å². The van der Waals surface area contributed by atoms with E-state index in [0.29, 0.717) is 10.0 Å². The van der Waals surface area contributed by atoms with Crippen molar-refractivity contribution in [3.63, 3.8) is 0 Å². The molecule has 0 fully saturated rings. The van der Waals surface area contributed by atoms with Gasteiger partial charge in [0.25, 0.3) is 0 Å². The molecule has 0 radical (unpaired) electrons. The topological polar surface area (TPSA) is 33.6 Å². The average molecular weight is 421 g/mol. The van der Waals surface area contributed by atoms with Gasteiger partial charge in [0, 0.05) is 10.6 Å². The van der Waals surface area contributed by atoms with E-state index in [-0.39, 0.29) is 0 Å². The molecular formula is C23H30Cl2N2O. The highest BCUT2D eigenvalue weighted by molar-refractivity contribution is 6.33. The number of hydrazone groups is 1. The fourth-order valence-electron chi connectivity index (χ4n) is 2.79. The summed E-state index contributed by atoms with van der Waals surface area (Å²) in [4.78, 5) is 0. The fourth-order valence-corrected chi connectivity index (χ4v) is 3.19. The Hall–Kier alpha value is -1.71. The van der Waals surface area contributed by atoms with Crippen molar-refractivity contribution >= 4 is 35.1 Å². The van der Waals surface area contributed by atoms with Crippen LogP contribution in [0.3, 0.4) is 0 Å². The molecule has 2 aromatic rings. The molecule has 5 heteroatoms. The predicted octanol–water partition coefficient (Wildman–Crippen LogP) is 7.88. The molecule has 0 bridgehead atoms. The molecule has 3 nitrogen and oxygen atoms in total. The Kier molecular flexibility index (Phi) is 10.2. The van der Waals surface area contributed by atoms with Gasteiger partial charge in [-0.3, -0.25) is 5.43 Å². The van der Waals surface area contributed by atoms with E-state index in [1.807, 2.05) is 43.3 Å². The first-order valence-electron chi connectivity index (χ1n) is 10.1. The number of aryl methyl sites for hydroxylation is 1. The van der Waals surface area contributed by atoms with Crippen molar-refractivity contribution in [2.75, 3.05) is 12.0 Å². The van der Waals surface area contributed by atoms with Gasteiger partial charge in [0.15, 0.2) is 0 Å². The fraction of sp³-hybridized carbons (Fsp3) is 0.435. The Labute approximate surface area is 179 Å². The molecule has 0 spiro atoms. The third kappa shape index (κ3) is 8.12. The molecule has 0 aromatic heterocycles. The monoisotopic (exact) mass is 420 g/mol. The van der Waals surface area contributed by atoms with Crippen LogP contribution in [0.15, 0.2) is 41.5 Å². The van der Waals surface area contributed by atoms with Gasteiger partial charge in [-0.05, 0) is 49.2 Å². The molecular weight excluding hydrogens is 391 g/mol. The van der Waals surface area contributed by atoms with Crippen molar-refractivity contribution in [2.24, 2.45) is 5.10 Å². The van der Waals surface area contributed by atoms with Gasteiger partial charge in [0.05, 0.1) is 23.5 Å². The smallest absolute Gasteiger partial charge is 0.120 e. The molecule has 152 valence electrons. The van der Waals surface area contributed by atoms with Crippen LogP contribution in [-0.2, 0) is 0 Å². The molecule has 0 aliphatic rings. The number of rotatable bonds is 12. The lowest BCUT2D eigenvalue weighted by Gasteiger charge is -2.08. The van der Waals surface area contributed by atoms with Crippen molar-refractivity contribution in [3.8, 4) is 5.75 Å². The lowest BCUT2D eigenvalue weighted by atomic mass is 10.1. The van der Waals surface area contributed by atoms with Crippen LogP contribution in [0.25, 0.3) is 0 Å². The first kappa shape index (κ1) is 22.6. The largest absolute Gasteiger partial charge is 0.494 e. The standard InChI is InChI=1S/C23H30Cl2N2O/c1-3-4-5-6-7-8-9-14-28-21-13-11-19(23(25)16-21)17-26-27-20-12-10-18(2)22(24)15-20/h10-13,15-17,27H,3-9,14H2,1-2H3/b26-17+. The summed E-state index contributed by atoms with van der Waals surface area (Å²) < 4.78 is 5.81. The minimum Gasteiger partial charge on any atom is -0.494 e. The van der Waals surface area contributed by atoms with E-state index < -0.39 is 0 Å². The zero-order valence-electron chi connectivity index (χ0n) is 16.8. The van der Waals surface area contributed by atoms with Gasteiger partial charge < -0.3 is 4.74 Å². The van der Waals surface area contributed by atoms with Crippen LogP contribution >= 0.6 is 23.2 Å². The van der Waals surface area contributed by atoms with Gasteiger partial charge in [-0.15, -0.1) is 0 Å². The van der Waals surface area contributed by atoms with E-state index in [2.05, 4.69) is 17.5 Å². The Morgan fingerprint density at radius 1 is 0.929 bits per heavy atom. The maximum Gasteiger partial charge on any atom is 0.120 e. The van der Waals surface area contributed by atoms with Crippen LogP contribution in [-0.4, -0.2) is 12.8 Å². The van der Waals surface area contributed by atoms with Crippen LogP contribution in [0.1, 0.15) is 63.0 Å². The van der Waals surface area contributed by atoms with Gasteiger partial charge in [0.2, 0.25) is 0 Å². The Morgan fingerprint density at radius 3 is 2.39 bits per heavy atom. The molecule has 1 N–H and O–H groups in total. The number of anilines is 1. The lowest BCUT2D eigenvalue weighted by Crippen LogP contribution is -1.98. The van der Waals surface area contributed by atoms with E-state index in [9.17, 15) is 0 Å². The maximum atomic E-state index is 6.35. The van der Waals surface area contributed by atoms with E-state index in [0.717, 1.165) is 35.6 Å². The minimum absolute atomic E-state index is 0.615. The quantitative estimate of drug-likeness (QED) is 0.215. The number of hydrogen-bond acceptors (Lipinski definition) is 3. The molecule has 0 aliphatic heterocycles. The van der Waals surface area contributed by atoms with E-state index in [4.69, 9.17) is 27.9 Å². The molecule has 0 saturated carbocycles. The number of ether oxygens (including phenoxy) is 1. The number of benzene rings is 2. The van der Waals surface area contributed by atoms with Crippen LogP contribution < -0.4 is 10.2 Å². The Balaban J connectivity index is 1.74. The summed E-state index contributed by atoms with van der Waals surface area (Å²) >= 11 is 12.5. The Morgan fingerprint density at radius 2 is 1.68 bits per heavy atom. The highest BCUT2D eigenvalue weighted by atomic mass is 35.5. The molecule has 0 amide bonds. The summed E-state index contributed by atoms with van der Waals surface area (Å²) in [5.74, 6) is 0.798. The Bertz CT molecular complexity index is 762. The van der Waals surface area contributed by atoms with Crippen molar-refractivity contribution in [1.29, 1.82) is 0 Å². The predicted molar refractivity (Wildman–Crippen MR) is 122 cm³/mol. The first-order valence-corrected chi connectivity index (χ1v) is 10.8. The normalized spacial score (nSPS) is 11.1. The summed E-state index contributed by atoms with van der Waals surface area (Å²) in [5, 5.41) is 5.56. The van der Waals surface area contributed by atoms with Crippen LogP contribution in [0.2, 0.25) is 10.0 Å². The molecule has 0 unspecified atom stereocenters. The van der Waals surface area contributed by atoms with Gasteiger partial charge in [-0.25, -0.2) is 0 Å². The van der Waals surface area contributed by atoms with Crippen LogP contribution in [0.5, 0.6) is 5.75 Å². The van der Waals surface area contributed by atoms with Crippen molar-refractivity contribution in [3.05, 3.63) is 57.6 Å². The zero-order valence-corrected chi connectivity index (χ0v) is 18.3. The number of unbranched alkanes of at least 4 members (excludes halogenated alkanes) is 6. The average Bonchev–Trinajstić information content (AvgIpc) is 2.68. The summed E-state index contributed by atoms with van der Waals surface area (Å²) in [7, 11) is 0. The summed E-state index contributed by atoms with van der Waals surface area (Å²) in [6.07, 6.45) is 10.6. The third-order valence-corrected chi connectivity index (χ3v) is 5.29. The highest BCUT2D eigenvalue weighted by Gasteiger charge is 2.02. The SMILES string of the molecule is CCCCCCCCCOc1ccc(/C=N/Nc2ccc(C)c(Cl)c2)c(Cl)c1. The zero-order chi connectivity index (χ0) is 20.2. The second-order valence-electron chi connectivity index (χ2n) is 6.99. The molecule has 0 atom stereocenters. The number of nitrogens with zero attached hydrogens (tertiary/aromatic N) is 1. The van der Waals surface area contributed by atoms with Gasteiger partial charge in [0.1, 0.15) is 5.75 Å². The van der Waals surface area contributed by atoms with Crippen LogP contribution in [0, 0.1) is 6.92 Å². The second kappa shape index (κ2) is 12.7. The van der Waals surface area contributed by atoms with E-state index in [1.165, 1.54) is 38.5 Å². The molecule has 0 aliphatic carbocycles. The molecule has 2 rings (SSSR count). The number of halogens is 2. The molecule has 28 heavy (non-hydrogen) atoms. The maximum absolute atomic E-state index is 6.35. The third-order valence-electron chi connectivity index (χ3n) is 4.56. The first-order chi connectivity index (χ1) is 13.6. The summed E-state index contributed by atoms with van der Waals surface area (Å²) in [6, 6.07) is 11.4. The van der Waals surface area contributed by atoms with Crippen molar-refractivity contribution < 1.29 is 4.74 Å². The van der Waals surface area contributed by atoms with E-state index >= 15 is 0 Å². The number of nitrogens with one attached hydrogen (secondary N) is 1. The van der Waals surface area contributed by atoms with E-state index in [1.54, 1.807) is 6.21 Å². The minimum atomic E-state index is 0.615. The molecule has 0 saturated heterocycles. The van der Waals surface area contributed by atoms with Crippen molar-refractivity contribution in [1.82, 2.24) is 0 Å². The molecule has 0 heterocycles. The second-order valence-corrected chi connectivity index (χ2v) is 7.80. The van der Waals surface area contributed by atoms with Gasteiger partial charge >= 0.3 is 0 Å². The van der Waals surface area contributed by atoms with Crippen LogP contribution in [0.4, 0.5) is 5.69 Å². The van der Waals surface area contributed by atoms with Crippen molar-refractivity contribution in [2.45, 2.75) is 58.8 Å². The lowest BCUT2D eigenvalue weighted by molar-refractivity contribution is 0.304. The molecule has 2 aromatic carbocycles. The summed E-state index contributed by atoms with van der Waals surface area (Å²) in [6.45, 7) is 4.94. The number of hydrogen-bond donors (Lipinski definition) is 1. The highest BCUT2D eigenvalue weighted by Crippen LogP contribution is 2.23.